The number of anilines is 1. The molecule has 1 atom stereocenters. The van der Waals surface area contributed by atoms with E-state index < -0.39 is 0 Å². The van der Waals surface area contributed by atoms with Gasteiger partial charge < -0.3 is 10.6 Å². The summed E-state index contributed by atoms with van der Waals surface area (Å²) >= 11 is 3.34. The Morgan fingerprint density at radius 3 is 3.16 bits per heavy atom. The smallest absolute Gasteiger partial charge is 0.283 e. The SMILES string of the molecule is C=CCn1ncc(NCC2CCCCN2)c(Br)c1=O. The van der Waals surface area contributed by atoms with Crippen LogP contribution in [0, 0.1) is 0 Å². The van der Waals surface area contributed by atoms with E-state index in [0.717, 1.165) is 18.8 Å². The molecule has 1 fully saturated rings. The zero-order chi connectivity index (χ0) is 13.7. The zero-order valence-corrected chi connectivity index (χ0v) is 12.4. The van der Waals surface area contributed by atoms with Crippen LogP contribution in [0.15, 0.2) is 28.1 Å². The quantitative estimate of drug-likeness (QED) is 0.809. The molecule has 0 spiro atoms. The van der Waals surface area contributed by atoms with Crippen molar-refractivity contribution in [3.8, 4) is 0 Å². The molecule has 1 aromatic heterocycles. The number of halogens is 1. The molecule has 2 rings (SSSR count). The third-order valence-corrected chi connectivity index (χ3v) is 4.00. The molecule has 0 saturated carbocycles. The number of allylic oxidation sites excluding steroid dienone is 1. The average molecular weight is 327 g/mol. The predicted molar refractivity (Wildman–Crippen MR) is 80.5 cm³/mol. The molecule has 2 heterocycles. The number of rotatable bonds is 5. The van der Waals surface area contributed by atoms with Crippen LogP contribution in [0.1, 0.15) is 19.3 Å². The second kappa shape index (κ2) is 6.86. The number of nitrogens with zero attached hydrogens (tertiary/aromatic N) is 2. The van der Waals surface area contributed by atoms with Gasteiger partial charge in [-0.25, -0.2) is 4.68 Å². The molecule has 19 heavy (non-hydrogen) atoms. The van der Waals surface area contributed by atoms with Gasteiger partial charge in [0, 0.05) is 12.6 Å². The van der Waals surface area contributed by atoms with Crippen molar-refractivity contribution in [1.29, 1.82) is 0 Å². The van der Waals surface area contributed by atoms with Gasteiger partial charge in [0.2, 0.25) is 0 Å². The van der Waals surface area contributed by atoms with E-state index in [1.165, 1.54) is 23.9 Å². The predicted octanol–water partition coefficient (Wildman–Crippen LogP) is 1.75. The van der Waals surface area contributed by atoms with E-state index in [1.54, 1.807) is 12.3 Å². The largest absolute Gasteiger partial charge is 0.381 e. The van der Waals surface area contributed by atoms with Crippen molar-refractivity contribution in [2.45, 2.75) is 31.8 Å². The fourth-order valence-electron chi connectivity index (χ4n) is 2.17. The molecule has 5 nitrogen and oxygen atoms in total. The summed E-state index contributed by atoms with van der Waals surface area (Å²) < 4.78 is 1.90. The van der Waals surface area contributed by atoms with E-state index in [2.05, 4.69) is 38.2 Å². The van der Waals surface area contributed by atoms with Crippen molar-refractivity contribution in [3.63, 3.8) is 0 Å². The normalized spacial score (nSPS) is 19.1. The minimum Gasteiger partial charge on any atom is -0.381 e. The van der Waals surface area contributed by atoms with Crippen molar-refractivity contribution in [3.05, 3.63) is 33.7 Å². The van der Waals surface area contributed by atoms with Gasteiger partial charge in [-0.2, -0.15) is 5.10 Å². The van der Waals surface area contributed by atoms with Gasteiger partial charge >= 0.3 is 0 Å². The van der Waals surface area contributed by atoms with E-state index in [0.29, 0.717) is 17.1 Å². The highest BCUT2D eigenvalue weighted by Gasteiger charge is 2.13. The molecule has 6 heteroatoms. The van der Waals surface area contributed by atoms with Crippen LogP contribution in [-0.2, 0) is 6.54 Å². The molecule has 2 N–H and O–H groups in total. The fourth-order valence-corrected chi connectivity index (χ4v) is 2.62. The lowest BCUT2D eigenvalue weighted by atomic mass is 10.1. The van der Waals surface area contributed by atoms with E-state index >= 15 is 0 Å². The standard InChI is InChI=1S/C13H19BrN4O/c1-2-7-18-13(19)12(14)11(9-17-18)16-8-10-5-3-4-6-15-10/h2,9-10,15-16H,1,3-8H2. The van der Waals surface area contributed by atoms with E-state index in [-0.39, 0.29) is 5.56 Å². The van der Waals surface area contributed by atoms with Crippen LogP contribution >= 0.6 is 15.9 Å². The Bertz CT molecular complexity index is 494. The maximum absolute atomic E-state index is 12.0. The molecule has 0 bridgehead atoms. The first-order valence-electron chi connectivity index (χ1n) is 6.56. The van der Waals surface area contributed by atoms with Gasteiger partial charge in [-0.3, -0.25) is 4.79 Å². The van der Waals surface area contributed by atoms with Gasteiger partial charge in [-0.15, -0.1) is 6.58 Å². The lowest BCUT2D eigenvalue weighted by molar-refractivity contribution is 0.414. The molecule has 1 saturated heterocycles. The van der Waals surface area contributed by atoms with Crippen molar-refractivity contribution in [2.75, 3.05) is 18.4 Å². The zero-order valence-electron chi connectivity index (χ0n) is 10.9. The minimum atomic E-state index is -0.137. The molecule has 1 aliphatic rings. The van der Waals surface area contributed by atoms with Gasteiger partial charge in [-0.1, -0.05) is 12.5 Å². The highest BCUT2D eigenvalue weighted by Crippen LogP contribution is 2.17. The monoisotopic (exact) mass is 326 g/mol. The molecule has 0 radical (unpaired) electrons. The summed E-state index contributed by atoms with van der Waals surface area (Å²) in [7, 11) is 0. The first-order valence-corrected chi connectivity index (χ1v) is 7.35. The van der Waals surface area contributed by atoms with Crippen molar-refractivity contribution in [1.82, 2.24) is 15.1 Å². The fraction of sp³-hybridized carbons (Fsp3) is 0.538. The second-order valence-corrected chi connectivity index (χ2v) is 5.47. The summed E-state index contributed by atoms with van der Waals surface area (Å²) in [5.41, 5.74) is 0.610. The summed E-state index contributed by atoms with van der Waals surface area (Å²) in [6, 6.07) is 0.469. The summed E-state index contributed by atoms with van der Waals surface area (Å²) in [6.45, 7) is 5.91. The highest BCUT2D eigenvalue weighted by molar-refractivity contribution is 9.10. The van der Waals surface area contributed by atoms with E-state index in [9.17, 15) is 4.79 Å². The number of hydrogen-bond acceptors (Lipinski definition) is 4. The topological polar surface area (TPSA) is 59.0 Å². The number of aromatic nitrogens is 2. The van der Waals surface area contributed by atoms with Crippen LogP contribution < -0.4 is 16.2 Å². The first kappa shape index (κ1) is 14.3. The van der Waals surface area contributed by atoms with Crippen LogP contribution in [-0.4, -0.2) is 28.9 Å². The van der Waals surface area contributed by atoms with Crippen molar-refractivity contribution < 1.29 is 0 Å². The Morgan fingerprint density at radius 2 is 2.47 bits per heavy atom. The average Bonchev–Trinajstić information content (AvgIpc) is 2.44. The van der Waals surface area contributed by atoms with Crippen LogP contribution in [0.5, 0.6) is 0 Å². The second-order valence-electron chi connectivity index (χ2n) is 4.68. The van der Waals surface area contributed by atoms with Gasteiger partial charge in [-0.05, 0) is 35.3 Å². The molecule has 0 aromatic carbocycles. The first-order chi connectivity index (χ1) is 9.22. The Balaban J connectivity index is 2.02. The molecular formula is C13H19BrN4O. The van der Waals surface area contributed by atoms with Gasteiger partial charge in [0.25, 0.3) is 5.56 Å². The Morgan fingerprint density at radius 1 is 1.63 bits per heavy atom. The molecular weight excluding hydrogens is 308 g/mol. The van der Waals surface area contributed by atoms with E-state index in [1.807, 2.05) is 0 Å². The van der Waals surface area contributed by atoms with Crippen LogP contribution in [0.4, 0.5) is 5.69 Å². The van der Waals surface area contributed by atoms with Gasteiger partial charge in [0.05, 0.1) is 18.4 Å². The number of nitrogens with one attached hydrogen (secondary N) is 2. The molecule has 104 valence electrons. The Kier molecular flexibility index (Phi) is 5.15. The van der Waals surface area contributed by atoms with Crippen LogP contribution in [0.25, 0.3) is 0 Å². The van der Waals surface area contributed by atoms with Crippen molar-refractivity contribution >= 4 is 21.6 Å². The maximum Gasteiger partial charge on any atom is 0.283 e. The van der Waals surface area contributed by atoms with E-state index in [4.69, 9.17) is 0 Å². The molecule has 1 aromatic rings. The van der Waals surface area contributed by atoms with Gasteiger partial charge in [0.15, 0.2) is 0 Å². The lowest BCUT2D eigenvalue weighted by Gasteiger charge is -2.24. The summed E-state index contributed by atoms with van der Waals surface area (Å²) in [6.07, 6.45) is 7.02. The number of hydrogen-bond donors (Lipinski definition) is 2. The third kappa shape index (κ3) is 3.67. The lowest BCUT2D eigenvalue weighted by Crippen LogP contribution is -2.39. The van der Waals surface area contributed by atoms with Crippen molar-refractivity contribution in [2.24, 2.45) is 0 Å². The molecule has 0 amide bonds. The highest BCUT2D eigenvalue weighted by atomic mass is 79.9. The number of piperidine rings is 1. The molecule has 0 aliphatic carbocycles. The summed E-state index contributed by atoms with van der Waals surface area (Å²) in [5.74, 6) is 0. The minimum absolute atomic E-state index is 0.137. The Labute approximate surface area is 121 Å². The Hall–Kier alpha value is -1.14. The summed E-state index contributed by atoms with van der Waals surface area (Å²) in [5, 5.41) is 10.9. The van der Waals surface area contributed by atoms with Gasteiger partial charge in [0.1, 0.15) is 4.47 Å². The summed E-state index contributed by atoms with van der Waals surface area (Å²) in [4.78, 5) is 12.0. The molecule has 1 unspecified atom stereocenters. The van der Waals surface area contributed by atoms with Crippen LogP contribution in [0.3, 0.4) is 0 Å². The molecule has 1 aliphatic heterocycles. The van der Waals surface area contributed by atoms with Crippen LogP contribution in [0.2, 0.25) is 0 Å². The third-order valence-electron chi connectivity index (χ3n) is 3.24. The maximum atomic E-state index is 12.0.